The lowest BCUT2D eigenvalue weighted by atomic mass is 10.1. The average Bonchev–Trinajstić information content (AvgIpc) is 3.81. The fraction of sp³-hybridized carbons (Fsp3) is 0. The standard InChI is InChI=1S/C54H36N4/c1-5-25-41-37(17-1)21-13-33-45(41)55-49-29-9-10-30-50(49)56(46-34-14-22-38-18-2-6-26-42(38)46)53(55)54-57(47-35-15-23-39-19-3-7-27-43(39)47)51-31-11-12-32-52(51)58(54)48-36-16-24-40-20-4-8-28-44(40)48/h1-36H. The lowest BCUT2D eigenvalue weighted by Gasteiger charge is -2.35. The van der Waals surface area contributed by atoms with E-state index in [1.807, 2.05) is 0 Å². The summed E-state index contributed by atoms with van der Waals surface area (Å²) in [5.41, 5.74) is 8.90. The van der Waals surface area contributed by atoms with Gasteiger partial charge in [0.25, 0.3) is 0 Å². The van der Waals surface area contributed by atoms with Crippen LogP contribution < -0.4 is 19.6 Å². The maximum atomic E-state index is 2.51. The van der Waals surface area contributed by atoms with Gasteiger partial charge in [0.1, 0.15) is 0 Å². The van der Waals surface area contributed by atoms with Crippen molar-refractivity contribution in [1.29, 1.82) is 0 Å². The SMILES string of the molecule is c1ccc2c(c1)N(c1cccc3ccccc13)C(=C1N(c3cccc4ccccc34)c3ccccc3N1c1cccc3ccccc13)N2c1cccc2ccccc12. The molecule has 2 heterocycles. The van der Waals surface area contributed by atoms with Gasteiger partial charge in [0, 0.05) is 21.5 Å². The zero-order valence-electron chi connectivity index (χ0n) is 31.6. The highest BCUT2D eigenvalue weighted by Crippen LogP contribution is 2.59. The van der Waals surface area contributed by atoms with Crippen LogP contribution in [0, 0.1) is 0 Å². The summed E-state index contributed by atoms with van der Waals surface area (Å²) < 4.78 is 0. The molecule has 0 N–H and O–H groups in total. The predicted molar refractivity (Wildman–Crippen MR) is 244 cm³/mol. The molecule has 58 heavy (non-hydrogen) atoms. The van der Waals surface area contributed by atoms with E-state index in [1.165, 1.54) is 43.1 Å². The fourth-order valence-corrected chi connectivity index (χ4v) is 9.33. The zero-order chi connectivity index (χ0) is 38.2. The second kappa shape index (κ2) is 12.9. The number of fused-ring (bicyclic) bond motifs is 6. The lowest BCUT2D eigenvalue weighted by Crippen LogP contribution is -2.33. The topological polar surface area (TPSA) is 13.0 Å². The number of hydrogen-bond donors (Lipinski definition) is 0. The maximum absolute atomic E-state index is 2.51. The number of anilines is 8. The minimum Gasteiger partial charge on any atom is -0.290 e. The molecule has 0 saturated heterocycles. The minimum absolute atomic E-state index is 1.03. The number of hydrogen-bond acceptors (Lipinski definition) is 4. The van der Waals surface area contributed by atoms with E-state index in [2.05, 4.69) is 238 Å². The molecule has 0 saturated carbocycles. The quantitative estimate of drug-likeness (QED) is 0.178. The Bertz CT molecular complexity index is 2830. The van der Waals surface area contributed by atoms with E-state index in [0.717, 1.165) is 57.1 Å². The molecule has 2 aliphatic rings. The summed E-state index contributed by atoms with van der Waals surface area (Å²) in [6.07, 6.45) is 0. The van der Waals surface area contributed by atoms with Gasteiger partial charge in [-0.05, 0) is 70.1 Å². The maximum Gasteiger partial charge on any atom is 0.166 e. The van der Waals surface area contributed by atoms with E-state index >= 15 is 0 Å². The van der Waals surface area contributed by atoms with Gasteiger partial charge in [-0.2, -0.15) is 0 Å². The first-order valence-electron chi connectivity index (χ1n) is 19.9. The first-order valence-corrected chi connectivity index (χ1v) is 19.9. The van der Waals surface area contributed by atoms with Gasteiger partial charge in [-0.1, -0.05) is 170 Å². The Balaban J connectivity index is 1.30. The van der Waals surface area contributed by atoms with Crippen molar-refractivity contribution in [3.05, 3.63) is 230 Å². The van der Waals surface area contributed by atoms with Crippen molar-refractivity contribution in [3.8, 4) is 0 Å². The van der Waals surface area contributed by atoms with E-state index in [9.17, 15) is 0 Å². The summed E-state index contributed by atoms with van der Waals surface area (Å²) in [7, 11) is 0. The molecule has 10 aromatic rings. The average molecular weight is 741 g/mol. The van der Waals surface area contributed by atoms with Gasteiger partial charge in [0.05, 0.1) is 45.5 Å². The Morgan fingerprint density at radius 3 is 0.621 bits per heavy atom. The molecule has 0 atom stereocenters. The van der Waals surface area contributed by atoms with Crippen molar-refractivity contribution in [2.75, 3.05) is 19.6 Å². The number of rotatable bonds is 4. The lowest BCUT2D eigenvalue weighted by molar-refractivity contribution is 1.02. The van der Waals surface area contributed by atoms with Crippen LogP contribution in [0.3, 0.4) is 0 Å². The van der Waals surface area contributed by atoms with Crippen LogP contribution in [-0.2, 0) is 0 Å². The molecule has 2 aliphatic heterocycles. The molecule has 272 valence electrons. The van der Waals surface area contributed by atoms with Gasteiger partial charge in [0.15, 0.2) is 11.6 Å². The number of para-hydroxylation sites is 4. The highest BCUT2D eigenvalue weighted by molar-refractivity contribution is 6.11. The van der Waals surface area contributed by atoms with Crippen molar-refractivity contribution in [1.82, 2.24) is 0 Å². The highest BCUT2D eigenvalue weighted by Gasteiger charge is 2.45. The van der Waals surface area contributed by atoms with Gasteiger partial charge in [-0.15, -0.1) is 0 Å². The van der Waals surface area contributed by atoms with Crippen LogP contribution in [0.15, 0.2) is 230 Å². The Morgan fingerprint density at radius 1 is 0.172 bits per heavy atom. The molecule has 0 unspecified atom stereocenters. The third kappa shape index (κ3) is 4.76. The smallest absolute Gasteiger partial charge is 0.166 e. The Labute approximate surface area is 337 Å². The van der Waals surface area contributed by atoms with Crippen molar-refractivity contribution in [3.63, 3.8) is 0 Å². The Kier molecular flexibility index (Phi) is 7.20. The molecule has 10 aromatic carbocycles. The van der Waals surface area contributed by atoms with Gasteiger partial charge in [-0.25, -0.2) is 0 Å². The summed E-state index contributed by atoms with van der Waals surface area (Å²) in [6, 6.07) is 79.5. The van der Waals surface area contributed by atoms with E-state index in [-0.39, 0.29) is 0 Å². The second-order valence-corrected chi connectivity index (χ2v) is 15.0. The molecular weight excluding hydrogens is 705 g/mol. The van der Waals surface area contributed by atoms with Crippen molar-refractivity contribution < 1.29 is 0 Å². The molecule has 0 amide bonds. The molecule has 4 nitrogen and oxygen atoms in total. The number of nitrogens with zero attached hydrogens (tertiary/aromatic N) is 4. The van der Waals surface area contributed by atoms with E-state index < -0.39 is 0 Å². The van der Waals surface area contributed by atoms with Gasteiger partial charge in [0.2, 0.25) is 0 Å². The van der Waals surface area contributed by atoms with Crippen LogP contribution in [0.25, 0.3) is 43.1 Å². The summed E-state index contributed by atoms with van der Waals surface area (Å²) in [5, 5.41) is 9.49. The first-order chi connectivity index (χ1) is 28.8. The van der Waals surface area contributed by atoms with Gasteiger partial charge < -0.3 is 0 Å². The van der Waals surface area contributed by atoms with Crippen LogP contribution in [0.1, 0.15) is 0 Å². The third-order valence-corrected chi connectivity index (χ3v) is 11.8. The van der Waals surface area contributed by atoms with Crippen molar-refractivity contribution in [2.45, 2.75) is 0 Å². The molecule has 0 spiro atoms. The number of benzene rings is 10. The van der Waals surface area contributed by atoms with Gasteiger partial charge in [-0.3, -0.25) is 19.6 Å². The summed E-state index contributed by atoms with van der Waals surface area (Å²) in [5.74, 6) is 2.07. The molecule has 4 heteroatoms. The zero-order valence-corrected chi connectivity index (χ0v) is 31.6. The normalized spacial score (nSPS) is 13.7. The first kappa shape index (κ1) is 32.4. The van der Waals surface area contributed by atoms with Crippen molar-refractivity contribution >= 4 is 88.6 Å². The Hall–Kier alpha value is -7.82. The molecule has 0 aromatic heterocycles. The van der Waals surface area contributed by atoms with Crippen LogP contribution >= 0.6 is 0 Å². The van der Waals surface area contributed by atoms with Crippen LogP contribution in [0.2, 0.25) is 0 Å². The predicted octanol–water partition coefficient (Wildman–Crippen LogP) is 14.7. The monoisotopic (exact) mass is 740 g/mol. The van der Waals surface area contributed by atoms with Crippen LogP contribution in [0.4, 0.5) is 45.5 Å². The molecule has 0 bridgehead atoms. The largest absolute Gasteiger partial charge is 0.290 e. The molecule has 0 aliphatic carbocycles. The molecule has 0 radical (unpaired) electrons. The fourth-order valence-electron chi connectivity index (χ4n) is 9.33. The van der Waals surface area contributed by atoms with Gasteiger partial charge >= 0.3 is 0 Å². The summed E-state index contributed by atoms with van der Waals surface area (Å²) in [6.45, 7) is 0. The van der Waals surface area contributed by atoms with Crippen molar-refractivity contribution in [2.24, 2.45) is 0 Å². The minimum atomic E-state index is 1.03. The molecule has 0 fully saturated rings. The molecule has 12 rings (SSSR count). The van der Waals surface area contributed by atoms with E-state index in [1.54, 1.807) is 0 Å². The summed E-state index contributed by atoms with van der Waals surface area (Å²) in [4.78, 5) is 10.0. The second-order valence-electron chi connectivity index (χ2n) is 15.0. The summed E-state index contributed by atoms with van der Waals surface area (Å²) >= 11 is 0. The highest BCUT2D eigenvalue weighted by atomic mass is 15.5. The molecular formula is C54H36N4. The van der Waals surface area contributed by atoms with E-state index in [0.29, 0.717) is 0 Å². The third-order valence-electron chi connectivity index (χ3n) is 11.8. The Morgan fingerprint density at radius 2 is 0.362 bits per heavy atom. The van der Waals surface area contributed by atoms with Crippen LogP contribution in [0.5, 0.6) is 0 Å². The van der Waals surface area contributed by atoms with E-state index in [4.69, 9.17) is 0 Å². The van der Waals surface area contributed by atoms with Crippen LogP contribution in [-0.4, -0.2) is 0 Å².